The molecule has 0 unspecified atom stereocenters. The summed E-state index contributed by atoms with van der Waals surface area (Å²) in [6.45, 7) is 3.64. The largest absolute Gasteiger partial charge is 0.369 e. The van der Waals surface area contributed by atoms with Gasteiger partial charge in [-0.3, -0.25) is 0 Å². The van der Waals surface area contributed by atoms with Crippen LogP contribution in [0.1, 0.15) is 11.1 Å². The van der Waals surface area contributed by atoms with E-state index in [4.69, 9.17) is 5.26 Å². The number of hydrogen-bond donors (Lipinski definition) is 2. The number of anilines is 1. The van der Waals surface area contributed by atoms with Crippen molar-refractivity contribution in [2.75, 3.05) is 39.0 Å². The minimum absolute atomic E-state index is 0.408. The summed E-state index contributed by atoms with van der Waals surface area (Å²) in [5.74, 6) is 1.31. The Hall–Kier alpha value is -2.36. The molecule has 0 saturated carbocycles. The smallest absolute Gasteiger partial charge is 0.142 e. The van der Waals surface area contributed by atoms with Gasteiger partial charge in [-0.1, -0.05) is 30.3 Å². The Balaban J connectivity index is 1.57. The molecule has 2 atom stereocenters. The summed E-state index contributed by atoms with van der Waals surface area (Å²) < 4.78 is 1.91. The maximum atomic E-state index is 9.09. The molecule has 2 heterocycles. The highest BCUT2D eigenvalue weighted by molar-refractivity contribution is 5.52. The van der Waals surface area contributed by atoms with Gasteiger partial charge in [-0.2, -0.15) is 10.4 Å². The maximum Gasteiger partial charge on any atom is 0.142 e. The molecule has 0 aliphatic carbocycles. The zero-order chi connectivity index (χ0) is 17.6. The molecular weight excluding hydrogens is 312 g/mol. The second-order valence-corrected chi connectivity index (χ2v) is 7.00. The van der Waals surface area contributed by atoms with Crippen molar-refractivity contribution >= 4 is 5.82 Å². The summed E-state index contributed by atoms with van der Waals surface area (Å²) in [6, 6.07) is 13.2. The van der Waals surface area contributed by atoms with Crippen molar-refractivity contribution in [2.45, 2.75) is 19.0 Å². The molecule has 3 rings (SSSR count). The van der Waals surface area contributed by atoms with E-state index in [1.54, 1.807) is 6.20 Å². The molecule has 1 aliphatic rings. The van der Waals surface area contributed by atoms with Gasteiger partial charge in [0.05, 0.1) is 6.20 Å². The second-order valence-electron chi connectivity index (χ2n) is 7.00. The zero-order valence-electron chi connectivity index (χ0n) is 14.9. The molecule has 0 bridgehead atoms. The number of hydrogen-bond acceptors (Lipinski definition) is 5. The average molecular weight is 338 g/mol. The average Bonchev–Trinajstić information content (AvgIpc) is 3.02. The van der Waals surface area contributed by atoms with Crippen LogP contribution in [0.4, 0.5) is 5.82 Å². The standard InChI is InChI=1S/C19H26N6/c1-24(2)14-18(8-15-6-4-3-5-7-15)21-10-16-11-22-19-17(9-20)12-23-25(19)13-16/h3-7,12,16,18,21-22H,8,10-11,13-14H2,1-2H3/t16-,18+/m1/s1. The molecule has 1 aromatic carbocycles. The Bertz CT molecular complexity index is 715. The maximum absolute atomic E-state index is 9.09. The van der Waals surface area contributed by atoms with E-state index in [2.05, 4.69) is 71.1 Å². The summed E-state index contributed by atoms with van der Waals surface area (Å²) in [6.07, 6.45) is 2.66. The van der Waals surface area contributed by atoms with Crippen molar-refractivity contribution in [1.29, 1.82) is 5.26 Å². The highest BCUT2D eigenvalue weighted by atomic mass is 15.3. The molecule has 25 heavy (non-hydrogen) atoms. The molecular formula is C19H26N6. The summed E-state index contributed by atoms with van der Waals surface area (Å²) in [5, 5.41) is 20.5. The van der Waals surface area contributed by atoms with Crippen molar-refractivity contribution in [3.05, 3.63) is 47.7 Å². The van der Waals surface area contributed by atoms with Gasteiger partial charge in [-0.05, 0) is 26.1 Å². The molecule has 6 heteroatoms. The number of fused-ring (bicyclic) bond motifs is 1. The molecule has 1 aliphatic heterocycles. The van der Waals surface area contributed by atoms with Gasteiger partial charge in [0.1, 0.15) is 17.5 Å². The lowest BCUT2D eigenvalue weighted by Crippen LogP contribution is -2.44. The molecule has 132 valence electrons. The number of rotatable bonds is 7. The molecule has 0 spiro atoms. The number of benzene rings is 1. The van der Waals surface area contributed by atoms with Crippen LogP contribution in [0.2, 0.25) is 0 Å². The topological polar surface area (TPSA) is 68.9 Å². The van der Waals surface area contributed by atoms with E-state index in [1.165, 1.54) is 5.56 Å². The fourth-order valence-electron chi connectivity index (χ4n) is 3.35. The Morgan fingerprint density at radius 2 is 2.20 bits per heavy atom. The van der Waals surface area contributed by atoms with Gasteiger partial charge in [0, 0.05) is 38.1 Å². The lowest BCUT2D eigenvalue weighted by Gasteiger charge is -2.29. The molecule has 0 radical (unpaired) electrons. The summed E-state index contributed by atoms with van der Waals surface area (Å²) in [7, 11) is 4.22. The lowest BCUT2D eigenvalue weighted by atomic mass is 10.0. The molecule has 0 saturated heterocycles. The predicted octanol–water partition coefficient (Wildman–Crippen LogP) is 1.56. The third-order valence-electron chi connectivity index (χ3n) is 4.55. The van der Waals surface area contributed by atoms with Crippen molar-refractivity contribution < 1.29 is 0 Å². The monoisotopic (exact) mass is 338 g/mol. The van der Waals surface area contributed by atoms with Crippen LogP contribution in [0.5, 0.6) is 0 Å². The molecule has 2 aromatic rings. The molecule has 0 amide bonds. The van der Waals surface area contributed by atoms with Gasteiger partial charge < -0.3 is 15.5 Å². The van der Waals surface area contributed by atoms with Crippen LogP contribution in [-0.2, 0) is 13.0 Å². The third-order valence-corrected chi connectivity index (χ3v) is 4.55. The van der Waals surface area contributed by atoms with Gasteiger partial charge >= 0.3 is 0 Å². The van der Waals surface area contributed by atoms with Gasteiger partial charge in [-0.15, -0.1) is 0 Å². The first kappa shape index (κ1) is 17.5. The fourth-order valence-corrected chi connectivity index (χ4v) is 3.35. The minimum atomic E-state index is 0.408. The van der Waals surface area contributed by atoms with Gasteiger partial charge in [0.15, 0.2) is 0 Å². The van der Waals surface area contributed by atoms with E-state index in [9.17, 15) is 0 Å². The quantitative estimate of drug-likeness (QED) is 0.802. The first-order valence-electron chi connectivity index (χ1n) is 8.77. The van der Waals surface area contributed by atoms with Crippen molar-refractivity contribution in [3.8, 4) is 6.07 Å². The molecule has 1 aromatic heterocycles. The van der Waals surface area contributed by atoms with Crippen molar-refractivity contribution in [3.63, 3.8) is 0 Å². The van der Waals surface area contributed by atoms with E-state index < -0.39 is 0 Å². The van der Waals surface area contributed by atoms with E-state index in [0.29, 0.717) is 17.5 Å². The lowest BCUT2D eigenvalue weighted by molar-refractivity contribution is 0.309. The van der Waals surface area contributed by atoms with Crippen molar-refractivity contribution in [1.82, 2.24) is 20.0 Å². The zero-order valence-corrected chi connectivity index (χ0v) is 14.9. The van der Waals surface area contributed by atoms with Gasteiger partial charge in [-0.25, -0.2) is 4.68 Å². The molecule has 2 N–H and O–H groups in total. The van der Waals surface area contributed by atoms with Crippen LogP contribution < -0.4 is 10.6 Å². The van der Waals surface area contributed by atoms with E-state index in [1.807, 2.05) is 4.68 Å². The van der Waals surface area contributed by atoms with Crippen LogP contribution >= 0.6 is 0 Å². The fraction of sp³-hybridized carbons (Fsp3) is 0.474. The minimum Gasteiger partial charge on any atom is -0.369 e. The predicted molar refractivity (Wildman–Crippen MR) is 99.4 cm³/mol. The highest BCUT2D eigenvalue weighted by Gasteiger charge is 2.22. The Labute approximate surface area is 149 Å². The van der Waals surface area contributed by atoms with Crippen molar-refractivity contribution in [2.24, 2.45) is 5.92 Å². The Morgan fingerprint density at radius 1 is 1.40 bits per heavy atom. The van der Waals surface area contributed by atoms with Crippen LogP contribution in [0.25, 0.3) is 0 Å². The van der Waals surface area contributed by atoms with Crippen LogP contribution in [0.15, 0.2) is 36.5 Å². The van der Waals surface area contributed by atoms with Gasteiger partial charge in [0.2, 0.25) is 0 Å². The molecule has 0 fully saturated rings. The summed E-state index contributed by atoms with van der Waals surface area (Å²) in [5.41, 5.74) is 1.98. The third kappa shape index (κ3) is 4.59. The normalized spacial score (nSPS) is 17.6. The number of nitrogens with zero attached hydrogens (tertiary/aromatic N) is 4. The summed E-state index contributed by atoms with van der Waals surface area (Å²) >= 11 is 0. The SMILES string of the molecule is CN(C)C[C@H](Cc1ccccc1)NC[C@@H]1CNc2c(C#N)cnn2C1. The second kappa shape index (κ2) is 8.15. The number of nitriles is 1. The summed E-state index contributed by atoms with van der Waals surface area (Å²) in [4.78, 5) is 2.23. The Morgan fingerprint density at radius 3 is 2.92 bits per heavy atom. The number of aromatic nitrogens is 2. The van der Waals surface area contributed by atoms with Gasteiger partial charge in [0.25, 0.3) is 0 Å². The molecule has 6 nitrogen and oxygen atoms in total. The first-order valence-corrected chi connectivity index (χ1v) is 8.77. The number of nitrogens with one attached hydrogen (secondary N) is 2. The first-order chi connectivity index (χ1) is 12.2. The Kier molecular flexibility index (Phi) is 5.69. The van der Waals surface area contributed by atoms with E-state index in [0.717, 1.165) is 38.4 Å². The van der Waals surface area contributed by atoms with Crippen LogP contribution in [0.3, 0.4) is 0 Å². The van der Waals surface area contributed by atoms with E-state index >= 15 is 0 Å². The van der Waals surface area contributed by atoms with Crippen LogP contribution in [-0.4, -0.2) is 54.5 Å². The highest BCUT2D eigenvalue weighted by Crippen LogP contribution is 2.20. The van der Waals surface area contributed by atoms with E-state index in [-0.39, 0.29) is 0 Å². The number of likely N-dealkylation sites (N-methyl/N-ethyl adjacent to an activating group) is 1. The van der Waals surface area contributed by atoms with Crippen LogP contribution in [0, 0.1) is 17.2 Å².